The molecule has 0 aliphatic carbocycles. The maximum atomic E-state index is 12.1. The Morgan fingerprint density at radius 3 is 2.08 bits per heavy atom. The molecule has 0 aliphatic rings. The molecule has 148 valence electrons. The Morgan fingerprint density at radius 1 is 0.962 bits per heavy atom. The first-order chi connectivity index (χ1) is 12.4. The van der Waals surface area contributed by atoms with E-state index in [1.165, 1.54) is 50.7 Å². The van der Waals surface area contributed by atoms with Crippen molar-refractivity contribution in [3.05, 3.63) is 24.3 Å². The summed E-state index contributed by atoms with van der Waals surface area (Å²) in [4.78, 5) is 11.0. The number of hydrogen-bond donors (Lipinski definition) is 2. The van der Waals surface area contributed by atoms with Crippen molar-refractivity contribution in [2.24, 2.45) is 5.73 Å². The van der Waals surface area contributed by atoms with Crippen LogP contribution in [0.3, 0.4) is 0 Å². The number of unbranched alkanes of at least 4 members (excludes halogenated alkanes) is 9. The third-order valence-electron chi connectivity index (χ3n) is 4.11. The fourth-order valence-corrected chi connectivity index (χ4v) is 3.78. The number of para-hydroxylation sites is 2. The molecular weight excluding hydrogens is 352 g/mol. The zero-order valence-electron chi connectivity index (χ0n) is 15.7. The molecule has 2 amide bonds. The van der Waals surface area contributed by atoms with E-state index in [9.17, 15) is 13.2 Å². The van der Waals surface area contributed by atoms with Gasteiger partial charge in [-0.25, -0.2) is 4.79 Å². The van der Waals surface area contributed by atoms with Crippen molar-refractivity contribution in [3.63, 3.8) is 0 Å². The Bertz CT molecular complexity index is 632. The Kier molecular flexibility index (Phi) is 10.8. The van der Waals surface area contributed by atoms with Gasteiger partial charge in [-0.1, -0.05) is 76.8 Å². The SMILES string of the molecule is CCCCCCCCCCCCS(=O)(=O)Oc1ccccc1NC(N)=O. The lowest BCUT2D eigenvalue weighted by Gasteiger charge is -2.11. The quantitative estimate of drug-likeness (QED) is 0.355. The third kappa shape index (κ3) is 10.3. The largest absolute Gasteiger partial charge is 0.380 e. The van der Waals surface area contributed by atoms with Crippen LogP contribution in [0.2, 0.25) is 0 Å². The van der Waals surface area contributed by atoms with Crippen molar-refractivity contribution in [1.29, 1.82) is 0 Å². The van der Waals surface area contributed by atoms with Crippen molar-refractivity contribution < 1.29 is 17.4 Å². The molecule has 0 heterocycles. The molecule has 0 spiro atoms. The average molecular weight is 385 g/mol. The van der Waals surface area contributed by atoms with Crippen LogP contribution in [0.4, 0.5) is 10.5 Å². The highest BCUT2D eigenvalue weighted by atomic mass is 32.2. The summed E-state index contributed by atoms with van der Waals surface area (Å²) in [6.07, 6.45) is 11.3. The second-order valence-electron chi connectivity index (χ2n) is 6.51. The standard InChI is InChI=1S/C19H32N2O4S/c1-2-3-4-5-6-7-8-9-10-13-16-26(23,24)25-18-15-12-11-14-17(18)21-19(20)22/h11-12,14-15H,2-10,13,16H2,1H3,(H3,20,21,22). The summed E-state index contributed by atoms with van der Waals surface area (Å²) < 4.78 is 29.3. The van der Waals surface area contributed by atoms with Crippen LogP contribution in [0.1, 0.15) is 71.1 Å². The van der Waals surface area contributed by atoms with Gasteiger partial charge in [0.15, 0.2) is 5.75 Å². The molecule has 0 unspecified atom stereocenters. The predicted molar refractivity (Wildman–Crippen MR) is 106 cm³/mol. The minimum Gasteiger partial charge on any atom is -0.380 e. The molecule has 3 N–H and O–H groups in total. The number of benzene rings is 1. The number of nitrogens with two attached hydrogens (primary N) is 1. The van der Waals surface area contributed by atoms with E-state index in [2.05, 4.69) is 12.2 Å². The first kappa shape index (κ1) is 22.3. The van der Waals surface area contributed by atoms with Crippen molar-refractivity contribution in [2.45, 2.75) is 71.1 Å². The fraction of sp³-hybridized carbons (Fsp3) is 0.632. The average Bonchev–Trinajstić information content (AvgIpc) is 2.57. The minimum atomic E-state index is -3.69. The van der Waals surface area contributed by atoms with E-state index in [4.69, 9.17) is 9.92 Å². The molecule has 1 aromatic carbocycles. The van der Waals surface area contributed by atoms with Gasteiger partial charge >= 0.3 is 16.1 Å². The Labute approximate surface area is 157 Å². The van der Waals surface area contributed by atoms with Crippen molar-refractivity contribution >= 4 is 21.8 Å². The molecule has 26 heavy (non-hydrogen) atoms. The maximum Gasteiger partial charge on any atom is 0.316 e. The van der Waals surface area contributed by atoms with Gasteiger partial charge < -0.3 is 15.2 Å². The van der Waals surface area contributed by atoms with E-state index in [0.29, 0.717) is 6.42 Å². The van der Waals surface area contributed by atoms with E-state index in [1.54, 1.807) is 12.1 Å². The monoisotopic (exact) mass is 384 g/mol. The first-order valence-electron chi connectivity index (χ1n) is 9.52. The van der Waals surface area contributed by atoms with Crippen LogP contribution >= 0.6 is 0 Å². The van der Waals surface area contributed by atoms with Gasteiger partial charge in [0, 0.05) is 0 Å². The fourth-order valence-electron chi connectivity index (χ4n) is 2.72. The molecule has 0 fully saturated rings. The minimum absolute atomic E-state index is 0.0333. The van der Waals surface area contributed by atoms with Crippen LogP contribution in [0.15, 0.2) is 24.3 Å². The number of primary amides is 1. The maximum absolute atomic E-state index is 12.1. The molecule has 1 aromatic rings. The Hall–Kier alpha value is -1.76. The zero-order valence-corrected chi connectivity index (χ0v) is 16.5. The normalized spacial score (nSPS) is 11.3. The van der Waals surface area contributed by atoms with Gasteiger partial charge in [-0.05, 0) is 18.6 Å². The van der Waals surface area contributed by atoms with Gasteiger partial charge in [-0.2, -0.15) is 8.42 Å². The van der Waals surface area contributed by atoms with Crippen molar-refractivity contribution in [2.75, 3.05) is 11.1 Å². The summed E-state index contributed by atoms with van der Waals surface area (Å²) in [6.45, 7) is 2.21. The van der Waals surface area contributed by atoms with Gasteiger partial charge in [-0.15, -0.1) is 0 Å². The number of hydrogen-bond acceptors (Lipinski definition) is 4. The van der Waals surface area contributed by atoms with E-state index in [-0.39, 0.29) is 17.2 Å². The van der Waals surface area contributed by atoms with E-state index in [0.717, 1.165) is 19.3 Å². The lowest BCUT2D eigenvalue weighted by atomic mass is 10.1. The number of nitrogens with one attached hydrogen (secondary N) is 1. The van der Waals surface area contributed by atoms with Crippen LogP contribution in [0.25, 0.3) is 0 Å². The van der Waals surface area contributed by atoms with Crippen LogP contribution in [0, 0.1) is 0 Å². The molecule has 0 saturated heterocycles. The third-order valence-corrected chi connectivity index (χ3v) is 5.33. The second kappa shape index (κ2) is 12.6. The number of anilines is 1. The van der Waals surface area contributed by atoms with E-state index < -0.39 is 16.1 Å². The number of carbonyl (C=O) groups is 1. The second-order valence-corrected chi connectivity index (χ2v) is 8.20. The zero-order chi connectivity index (χ0) is 19.3. The van der Waals surface area contributed by atoms with Crippen molar-refractivity contribution in [1.82, 2.24) is 0 Å². The lowest BCUT2D eigenvalue weighted by Crippen LogP contribution is -2.21. The highest BCUT2D eigenvalue weighted by molar-refractivity contribution is 7.87. The number of amides is 2. The van der Waals surface area contributed by atoms with E-state index >= 15 is 0 Å². The van der Waals surface area contributed by atoms with E-state index in [1.807, 2.05) is 0 Å². The van der Waals surface area contributed by atoms with Gasteiger partial charge in [0.1, 0.15) is 0 Å². The van der Waals surface area contributed by atoms with Crippen molar-refractivity contribution in [3.8, 4) is 5.75 Å². The highest BCUT2D eigenvalue weighted by Gasteiger charge is 2.15. The number of rotatable bonds is 14. The van der Waals surface area contributed by atoms with Crippen LogP contribution in [-0.2, 0) is 10.1 Å². The van der Waals surface area contributed by atoms with Gasteiger partial charge in [0.05, 0.1) is 11.4 Å². The summed E-state index contributed by atoms with van der Waals surface area (Å²) in [5.41, 5.74) is 5.32. The summed E-state index contributed by atoms with van der Waals surface area (Å²) >= 11 is 0. The summed E-state index contributed by atoms with van der Waals surface area (Å²) in [5.74, 6) is 0.0485. The topological polar surface area (TPSA) is 98.5 Å². The molecule has 0 aromatic heterocycles. The summed E-state index contributed by atoms with van der Waals surface area (Å²) in [7, 11) is -3.69. The lowest BCUT2D eigenvalue weighted by molar-refractivity contribution is 0.259. The van der Waals surface area contributed by atoms with Gasteiger partial charge in [0.25, 0.3) is 0 Å². The molecule has 6 nitrogen and oxygen atoms in total. The van der Waals surface area contributed by atoms with Gasteiger partial charge in [-0.3, -0.25) is 0 Å². The first-order valence-corrected chi connectivity index (χ1v) is 11.1. The predicted octanol–water partition coefficient (Wildman–Crippen LogP) is 4.81. The molecule has 7 heteroatoms. The molecule has 0 radical (unpaired) electrons. The molecular formula is C19H32N2O4S. The summed E-state index contributed by atoms with van der Waals surface area (Å²) in [6, 6.07) is 5.55. The molecule has 0 bridgehead atoms. The smallest absolute Gasteiger partial charge is 0.316 e. The number of urea groups is 1. The van der Waals surface area contributed by atoms with Crippen LogP contribution in [0.5, 0.6) is 5.75 Å². The van der Waals surface area contributed by atoms with Crippen LogP contribution in [-0.4, -0.2) is 20.2 Å². The summed E-state index contributed by atoms with van der Waals surface area (Å²) in [5, 5.41) is 2.35. The number of carbonyl (C=O) groups excluding carboxylic acids is 1. The molecule has 0 saturated carbocycles. The molecule has 0 aliphatic heterocycles. The van der Waals surface area contributed by atoms with Gasteiger partial charge in [0.2, 0.25) is 0 Å². The molecule has 1 rings (SSSR count). The Morgan fingerprint density at radius 2 is 1.50 bits per heavy atom. The molecule has 0 atom stereocenters. The Balaban J connectivity index is 2.26. The van der Waals surface area contributed by atoms with Crippen LogP contribution < -0.4 is 15.2 Å². The highest BCUT2D eigenvalue weighted by Crippen LogP contribution is 2.25.